The number of ether oxygens (including phenoxy) is 3. The van der Waals surface area contributed by atoms with Gasteiger partial charge in [0, 0.05) is 12.1 Å². The second-order valence-electron chi connectivity index (χ2n) is 5.00. The maximum absolute atomic E-state index is 12.2. The molecule has 0 radical (unpaired) electrons. The first kappa shape index (κ1) is 16.3. The van der Waals surface area contributed by atoms with Gasteiger partial charge in [-0.2, -0.15) is 0 Å². The maximum atomic E-state index is 12.2. The molecule has 22 heavy (non-hydrogen) atoms. The average Bonchev–Trinajstić information content (AvgIpc) is 2.54. The van der Waals surface area contributed by atoms with Gasteiger partial charge >= 0.3 is 5.97 Å². The van der Waals surface area contributed by atoms with E-state index < -0.39 is 17.9 Å². The molecule has 2 atom stereocenters. The highest BCUT2D eigenvalue weighted by atomic mass is 16.5. The van der Waals surface area contributed by atoms with E-state index >= 15 is 0 Å². The smallest absolute Gasteiger partial charge is 0.329 e. The molecule has 1 aliphatic rings. The van der Waals surface area contributed by atoms with Gasteiger partial charge < -0.3 is 19.5 Å². The lowest BCUT2D eigenvalue weighted by atomic mass is 9.92. The summed E-state index contributed by atoms with van der Waals surface area (Å²) >= 11 is 0. The topological polar surface area (TPSA) is 73.9 Å². The van der Waals surface area contributed by atoms with Gasteiger partial charge in [0.25, 0.3) is 0 Å². The van der Waals surface area contributed by atoms with Crippen molar-refractivity contribution in [1.82, 2.24) is 0 Å². The Bertz CT molecular complexity index is 514. The summed E-state index contributed by atoms with van der Waals surface area (Å²) in [5, 5.41) is 3.08. The SMILES string of the molecule is CCOC(=O)C(Nc1ccc(OC)cc1)[C@H]1COCCC1=O. The van der Waals surface area contributed by atoms with Gasteiger partial charge in [0.15, 0.2) is 0 Å². The summed E-state index contributed by atoms with van der Waals surface area (Å²) in [5.74, 6) is -0.238. The molecule has 0 aliphatic carbocycles. The molecule has 0 amide bonds. The summed E-state index contributed by atoms with van der Waals surface area (Å²) < 4.78 is 15.5. The molecule has 2 rings (SSSR count). The van der Waals surface area contributed by atoms with Crippen LogP contribution in [0.5, 0.6) is 5.75 Å². The van der Waals surface area contributed by atoms with Gasteiger partial charge in [0.2, 0.25) is 0 Å². The maximum Gasteiger partial charge on any atom is 0.329 e. The van der Waals surface area contributed by atoms with Crippen LogP contribution in [0.15, 0.2) is 24.3 Å². The minimum atomic E-state index is -0.749. The highest BCUT2D eigenvalue weighted by Crippen LogP contribution is 2.21. The fourth-order valence-electron chi connectivity index (χ4n) is 2.37. The molecule has 1 aromatic rings. The molecule has 1 aromatic carbocycles. The van der Waals surface area contributed by atoms with Crippen molar-refractivity contribution in [2.24, 2.45) is 5.92 Å². The van der Waals surface area contributed by atoms with Crippen molar-refractivity contribution in [3.8, 4) is 5.75 Å². The van der Waals surface area contributed by atoms with E-state index in [0.29, 0.717) is 13.0 Å². The van der Waals surface area contributed by atoms with Crippen molar-refractivity contribution in [2.45, 2.75) is 19.4 Å². The zero-order valence-electron chi connectivity index (χ0n) is 12.8. The number of ketones is 1. The summed E-state index contributed by atoms with van der Waals surface area (Å²) in [5.41, 5.74) is 0.720. The van der Waals surface area contributed by atoms with Crippen LogP contribution in [0.4, 0.5) is 5.69 Å². The number of carbonyl (C=O) groups excluding carboxylic acids is 2. The molecular formula is C16H21NO5. The Morgan fingerprint density at radius 1 is 1.41 bits per heavy atom. The number of hydrogen-bond acceptors (Lipinski definition) is 6. The molecule has 1 fully saturated rings. The van der Waals surface area contributed by atoms with Crippen LogP contribution < -0.4 is 10.1 Å². The van der Waals surface area contributed by atoms with E-state index in [2.05, 4.69) is 5.32 Å². The monoisotopic (exact) mass is 307 g/mol. The first-order chi connectivity index (χ1) is 10.7. The minimum absolute atomic E-state index is 0.0188. The van der Waals surface area contributed by atoms with Gasteiger partial charge in [0.1, 0.15) is 17.6 Å². The number of carbonyl (C=O) groups is 2. The van der Waals surface area contributed by atoms with Crippen molar-refractivity contribution in [3.05, 3.63) is 24.3 Å². The standard InChI is InChI=1S/C16H21NO5/c1-3-22-16(19)15(13-10-21-9-8-14(13)18)17-11-4-6-12(20-2)7-5-11/h4-7,13,15,17H,3,8-10H2,1-2H3/t13-,15?/m0/s1. The van der Waals surface area contributed by atoms with Crippen LogP contribution >= 0.6 is 0 Å². The van der Waals surface area contributed by atoms with E-state index in [1.54, 1.807) is 38.3 Å². The van der Waals surface area contributed by atoms with Crippen LogP contribution in [0.25, 0.3) is 0 Å². The fourth-order valence-corrected chi connectivity index (χ4v) is 2.37. The third-order valence-corrected chi connectivity index (χ3v) is 3.56. The number of anilines is 1. The number of methoxy groups -OCH3 is 1. The van der Waals surface area contributed by atoms with Crippen molar-refractivity contribution >= 4 is 17.4 Å². The summed E-state index contributed by atoms with van der Waals surface area (Å²) in [4.78, 5) is 24.3. The van der Waals surface area contributed by atoms with Gasteiger partial charge in [-0.05, 0) is 31.2 Å². The zero-order chi connectivity index (χ0) is 15.9. The molecule has 1 aliphatic heterocycles. The normalized spacial score (nSPS) is 19.4. The van der Waals surface area contributed by atoms with E-state index in [0.717, 1.165) is 11.4 Å². The van der Waals surface area contributed by atoms with Gasteiger partial charge in [-0.3, -0.25) is 4.79 Å². The van der Waals surface area contributed by atoms with Crippen LogP contribution in [0.2, 0.25) is 0 Å². The van der Waals surface area contributed by atoms with Crippen molar-refractivity contribution in [1.29, 1.82) is 0 Å². The van der Waals surface area contributed by atoms with Crippen molar-refractivity contribution in [2.75, 3.05) is 32.2 Å². The summed E-state index contributed by atoms with van der Waals surface area (Å²) in [6.45, 7) is 2.64. The van der Waals surface area contributed by atoms with E-state index in [4.69, 9.17) is 14.2 Å². The Labute approximate surface area is 129 Å². The second-order valence-corrected chi connectivity index (χ2v) is 5.00. The number of nitrogens with one attached hydrogen (secondary N) is 1. The number of Topliss-reactive ketones (excluding diaryl/α,β-unsaturated/α-hetero) is 1. The Kier molecular flexibility index (Phi) is 5.77. The minimum Gasteiger partial charge on any atom is -0.497 e. The molecule has 120 valence electrons. The third kappa shape index (κ3) is 3.98. The summed E-state index contributed by atoms with van der Waals surface area (Å²) in [7, 11) is 1.59. The molecule has 1 saturated heterocycles. The van der Waals surface area contributed by atoms with E-state index in [1.807, 2.05) is 0 Å². The molecule has 0 aromatic heterocycles. The molecule has 1 N–H and O–H groups in total. The van der Waals surface area contributed by atoms with Gasteiger partial charge in [-0.25, -0.2) is 4.79 Å². The van der Waals surface area contributed by atoms with Crippen LogP contribution in [-0.4, -0.2) is 44.7 Å². The lowest BCUT2D eigenvalue weighted by molar-refractivity contribution is -0.150. The van der Waals surface area contributed by atoms with E-state index in [9.17, 15) is 9.59 Å². The Balaban J connectivity index is 2.15. The van der Waals surface area contributed by atoms with Crippen LogP contribution in [-0.2, 0) is 19.1 Å². The summed E-state index contributed by atoms with van der Waals surface area (Å²) in [6.07, 6.45) is 0.324. The van der Waals surface area contributed by atoms with Crippen LogP contribution in [0.3, 0.4) is 0 Å². The lowest BCUT2D eigenvalue weighted by Gasteiger charge is -2.28. The number of rotatable bonds is 6. The highest BCUT2D eigenvalue weighted by molar-refractivity contribution is 5.91. The first-order valence-electron chi connectivity index (χ1n) is 7.33. The highest BCUT2D eigenvalue weighted by Gasteiger charge is 2.36. The molecule has 1 unspecified atom stereocenters. The fraction of sp³-hybridized carbons (Fsp3) is 0.500. The molecule has 0 saturated carbocycles. The second kappa shape index (κ2) is 7.79. The number of hydrogen-bond donors (Lipinski definition) is 1. The van der Waals surface area contributed by atoms with Gasteiger partial charge in [-0.1, -0.05) is 0 Å². The van der Waals surface area contributed by atoms with Crippen LogP contribution in [0.1, 0.15) is 13.3 Å². The molecule has 6 nitrogen and oxygen atoms in total. The molecule has 1 heterocycles. The molecular weight excluding hydrogens is 286 g/mol. The van der Waals surface area contributed by atoms with Crippen LogP contribution in [0, 0.1) is 5.92 Å². The predicted octanol–water partition coefficient (Wildman–Crippen LogP) is 1.64. The van der Waals surface area contributed by atoms with E-state index in [1.165, 1.54) is 0 Å². The quantitative estimate of drug-likeness (QED) is 0.806. The number of esters is 1. The average molecular weight is 307 g/mol. The Hall–Kier alpha value is -2.08. The lowest BCUT2D eigenvalue weighted by Crippen LogP contribution is -2.46. The van der Waals surface area contributed by atoms with Crippen molar-refractivity contribution in [3.63, 3.8) is 0 Å². The van der Waals surface area contributed by atoms with Gasteiger partial charge in [-0.15, -0.1) is 0 Å². The third-order valence-electron chi connectivity index (χ3n) is 3.56. The van der Waals surface area contributed by atoms with E-state index in [-0.39, 0.29) is 19.0 Å². The first-order valence-corrected chi connectivity index (χ1v) is 7.33. The largest absolute Gasteiger partial charge is 0.497 e. The Morgan fingerprint density at radius 2 is 2.14 bits per heavy atom. The Morgan fingerprint density at radius 3 is 2.73 bits per heavy atom. The molecule has 0 spiro atoms. The van der Waals surface area contributed by atoms with Gasteiger partial charge in [0.05, 0.1) is 32.8 Å². The summed E-state index contributed by atoms with van der Waals surface area (Å²) in [6, 6.07) is 6.40. The predicted molar refractivity (Wildman–Crippen MR) is 81.0 cm³/mol. The zero-order valence-corrected chi connectivity index (χ0v) is 12.8. The number of benzene rings is 1. The van der Waals surface area contributed by atoms with Crippen molar-refractivity contribution < 1.29 is 23.8 Å². The molecule has 0 bridgehead atoms. The molecule has 6 heteroatoms.